The van der Waals surface area contributed by atoms with Gasteiger partial charge in [-0.25, -0.2) is 4.39 Å². The molecule has 0 saturated heterocycles. The Kier molecular flexibility index (Phi) is 9.33. The van der Waals surface area contributed by atoms with E-state index in [1.165, 1.54) is 0 Å². The Morgan fingerprint density at radius 3 is 2.07 bits per heavy atom. The predicted molar refractivity (Wildman–Crippen MR) is 111 cm³/mol. The highest BCUT2D eigenvalue weighted by molar-refractivity contribution is 5.51. The Labute approximate surface area is 167 Å². The summed E-state index contributed by atoms with van der Waals surface area (Å²) in [5, 5.41) is 0. The number of alkyl halides is 1. The summed E-state index contributed by atoms with van der Waals surface area (Å²) in [7, 11) is 4.03. The third-order valence-electron chi connectivity index (χ3n) is 3.99. The van der Waals surface area contributed by atoms with Crippen LogP contribution in [0.1, 0.15) is 16.7 Å². The first-order valence-corrected chi connectivity index (χ1v) is 9.34. The Morgan fingerprint density at radius 1 is 0.821 bits per heavy atom. The van der Waals surface area contributed by atoms with Crippen molar-refractivity contribution in [3.63, 3.8) is 0 Å². The van der Waals surface area contributed by atoms with Crippen LogP contribution in [0.25, 0.3) is 0 Å². The highest BCUT2D eigenvalue weighted by atomic mass is 19.1. The molecule has 0 aliphatic carbocycles. The Balaban J connectivity index is 1.80. The molecule has 0 bridgehead atoms. The van der Waals surface area contributed by atoms with Crippen molar-refractivity contribution in [3.8, 4) is 17.6 Å². The molecule has 0 amide bonds. The lowest BCUT2D eigenvalue weighted by atomic mass is 10.1. The van der Waals surface area contributed by atoms with Gasteiger partial charge in [0.2, 0.25) is 0 Å². The van der Waals surface area contributed by atoms with Crippen LogP contribution < -0.4 is 9.64 Å². The van der Waals surface area contributed by atoms with Gasteiger partial charge >= 0.3 is 0 Å². The van der Waals surface area contributed by atoms with Crippen molar-refractivity contribution in [1.29, 1.82) is 0 Å². The lowest BCUT2D eigenvalue weighted by Crippen LogP contribution is -2.11. The number of benzene rings is 2. The van der Waals surface area contributed by atoms with E-state index in [9.17, 15) is 4.39 Å². The van der Waals surface area contributed by atoms with Crippen molar-refractivity contribution in [2.24, 2.45) is 0 Å². The van der Waals surface area contributed by atoms with Gasteiger partial charge in [0.15, 0.2) is 0 Å². The molecule has 0 atom stereocenters. The topological polar surface area (TPSA) is 30.9 Å². The Hall–Kier alpha value is -2.55. The molecular formula is C23H28FNO3. The SMILES string of the molecule is Cc1cc(C#Cc2ccc(N(C)C)cc2)ccc1OCCOCCOCCF. The number of rotatable bonds is 10. The highest BCUT2D eigenvalue weighted by Crippen LogP contribution is 2.19. The average Bonchev–Trinajstić information content (AvgIpc) is 2.70. The van der Waals surface area contributed by atoms with Crippen LogP contribution in [0.5, 0.6) is 5.75 Å². The average molecular weight is 385 g/mol. The number of hydrogen-bond acceptors (Lipinski definition) is 4. The molecule has 0 aromatic heterocycles. The van der Waals surface area contributed by atoms with Gasteiger partial charge in [-0.1, -0.05) is 11.8 Å². The first-order valence-electron chi connectivity index (χ1n) is 9.34. The minimum atomic E-state index is -0.467. The number of hydrogen-bond donors (Lipinski definition) is 0. The normalized spacial score (nSPS) is 10.3. The van der Waals surface area contributed by atoms with Crippen LogP contribution in [-0.2, 0) is 9.47 Å². The maximum Gasteiger partial charge on any atom is 0.122 e. The van der Waals surface area contributed by atoms with Gasteiger partial charge in [-0.3, -0.25) is 0 Å². The summed E-state index contributed by atoms with van der Waals surface area (Å²) in [4.78, 5) is 2.06. The first-order chi connectivity index (χ1) is 13.6. The Morgan fingerprint density at radius 2 is 1.43 bits per heavy atom. The van der Waals surface area contributed by atoms with E-state index < -0.39 is 6.67 Å². The number of ether oxygens (including phenoxy) is 3. The smallest absolute Gasteiger partial charge is 0.122 e. The molecule has 28 heavy (non-hydrogen) atoms. The fraction of sp³-hybridized carbons (Fsp3) is 0.391. The van der Waals surface area contributed by atoms with Crippen molar-refractivity contribution in [1.82, 2.24) is 0 Å². The minimum absolute atomic E-state index is 0.121. The zero-order valence-electron chi connectivity index (χ0n) is 16.8. The highest BCUT2D eigenvalue weighted by Gasteiger charge is 2.01. The predicted octanol–water partition coefficient (Wildman–Crippen LogP) is 3.84. The molecule has 0 aliphatic heterocycles. The molecule has 4 nitrogen and oxygen atoms in total. The maximum atomic E-state index is 11.9. The van der Waals surface area contributed by atoms with E-state index in [-0.39, 0.29) is 6.61 Å². The summed E-state index contributed by atoms with van der Waals surface area (Å²) < 4.78 is 28.0. The second kappa shape index (κ2) is 12.0. The first kappa shape index (κ1) is 21.7. The summed E-state index contributed by atoms with van der Waals surface area (Å²) >= 11 is 0. The molecule has 0 saturated carbocycles. The third kappa shape index (κ3) is 7.59. The summed E-state index contributed by atoms with van der Waals surface area (Å²) in [5.74, 6) is 7.20. The zero-order chi connectivity index (χ0) is 20.2. The molecule has 2 aromatic carbocycles. The van der Waals surface area contributed by atoms with Gasteiger partial charge in [-0.05, 0) is 55.0 Å². The number of halogens is 1. The fourth-order valence-corrected chi connectivity index (χ4v) is 2.46. The summed E-state index contributed by atoms with van der Waals surface area (Å²) in [6, 6.07) is 14.1. The number of aryl methyl sites for hydroxylation is 1. The molecule has 0 fully saturated rings. The standard InChI is InChI=1S/C23H28FNO3/c1-19-18-21(5-4-20-6-9-22(10-7-20)25(2)3)8-11-23(19)28-17-16-27-15-14-26-13-12-24/h6-11,18H,12-17H2,1-3H3. The third-order valence-corrected chi connectivity index (χ3v) is 3.99. The van der Waals surface area contributed by atoms with Gasteiger partial charge < -0.3 is 19.1 Å². The summed E-state index contributed by atoms with van der Waals surface area (Å²) in [6.07, 6.45) is 0. The number of anilines is 1. The van der Waals surface area contributed by atoms with Crippen molar-refractivity contribution in [3.05, 3.63) is 59.2 Å². The molecule has 2 rings (SSSR count). The van der Waals surface area contributed by atoms with Crippen LogP contribution in [0, 0.1) is 18.8 Å². The van der Waals surface area contributed by atoms with Crippen LogP contribution in [-0.4, -0.2) is 53.8 Å². The molecule has 0 spiro atoms. The second-order valence-electron chi connectivity index (χ2n) is 6.43. The number of nitrogens with zero attached hydrogens (tertiary/aromatic N) is 1. The summed E-state index contributed by atoms with van der Waals surface area (Å²) in [6.45, 7) is 3.40. The second-order valence-corrected chi connectivity index (χ2v) is 6.43. The lowest BCUT2D eigenvalue weighted by Gasteiger charge is -2.11. The molecule has 0 aliphatic rings. The molecular weight excluding hydrogens is 357 g/mol. The van der Waals surface area contributed by atoms with Gasteiger partial charge in [0.05, 0.1) is 26.4 Å². The van der Waals surface area contributed by atoms with Crippen LogP contribution in [0.2, 0.25) is 0 Å². The van der Waals surface area contributed by atoms with Crippen molar-refractivity contribution < 1.29 is 18.6 Å². The summed E-state index contributed by atoms with van der Waals surface area (Å²) in [5.41, 5.74) is 4.11. The van der Waals surface area contributed by atoms with E-state index in [0.717, 1.165) is 28.1 Å². The van der Waals surface area contributed by atoms with E-state index in [1.807, 2.05) is 51.4 Å². The molecule has 0 heterocycles. The monoisotopic (exact) mass is 385 g/mol. The van der Waals surface area contributed by atoms with Crippen molar-refractivity contribution in [2.45, 2.75) is 6.92 Å². The molecule has 0 radical (unpaired) electrons. The van der Waals surface area contributed by atoms with Gasteiger partial charge in [0.25, 0.3) is 0 Å². The zero-order valence-corrected chi connectivity index (χ0v) is 16.8. The van der Waals surface area contributed by atoms with E-state index in [0.29, 0.717) is 26.4 Å². The maximum absolute atomic E-state index is 11.9. The van der Waals surface area contributed by atoms with E-state index >= 15 is 0 Å². The lowest BCUT2D eigenvalue weighted by molar-refractivity contribution is 0.0324. The van der Waals surface area contributed by atoms with Crippen LogP contribution >= 0.6 is 0 Å². The molecule has 0 unspecified atom stereocenters. The van der Waals surface area contributed by atoms with Crippen molar-refractivity contribution in [2.75, 3.05) is 58.7 Å². The molecule has 5 heteroatoms. The van der Waals surface area contributed by atoms with Crippen LogP contribution in [0.3, 0.4) is 0 Å². The van der Waals surface area contributed by atoms with Gasteiger partial charge in [0.1, 0.15) is 19.0 Å². The van der Waals surface area contributed by atoms with Gasteiger partial charge in [0, 0.05) is 30.9 Å². The van der Waals surface area contributed by atoms with E-state index in [4.69, 9.17) is 14.2 Å². The van der Waals surface area contributed by atoms with Crippen LogP contribution in [0.4, 0.5) is 10.1 Å². The minimum Gasteiger partial charge on any atom is -0.491 e. The van der Waals surface area contributed by atoms with E-state index in [1.54, 1.807) is 0 Å². The van der Waals surface area contributed by atoms with Gasteiger partial charge in [-0.2, -0.15) is 0 Å². The van der Waals surface area contributed by atoms with E-state index in [2.05, 4.69) is 28.9 Å². The molecule has 0 N–H and O–H groups in total. The van der Waals surface area contributed by atoms with Crippen molar-refractivity contribution >= 4 is 5.69 Å². The Bertz CT molecular complexity index is 779. The van der Waals surface area contributed by atoms with Gasteiger partial charge in [-0.15, -0.1) is 0 Å². The molecule has 2 aromatic rings. The van der Waals surface area contributed by atoms with Crippen LogP contribution in [0.15, 0.2) is 42.5 Å². The quantitative estimate of drug-likeness (QED) is 0.459. The fourth-order valence-electron chi connectivity index (χ4n) is 2.46. The largest absolute Gasteiger partial charge is 0.491 e. The molecule has 150 valence electrons.